The largest absolute Gasteiger partial charge is 0.294 e. The second-order valence-electron chi connectivity index (χ2n) is 4.78. The Morgan fingerprint density at radius 1 is 1.30 bits per heavy atom. The molecule has 1 atom stereocenters. The monoisotopic (exact) mass is 270 g/mol. The van der Waals surface area contributed by atoms with Crippen molar-refractivity contribution in [2.75, 3.05) is 0 Å². The maximum atomic E-state index is 12.4. The molecular weight excluding hydrogens is 256 g/mol. The summed E-state index contributed by atoms with van der Waals surface area (Å²) in [6, 6.07) is 1.92. The van der Waals surface area contributed by atoms with Crippen LogP contribution < -0.4 is 5.56 Å². The number of nitrogens with one attached hydrogen (secondary N) is 1. The van der Waals surface area contributed by atoms with E-state index in [4.69, 9.17) is 0 Å². The topological polar surface area (TPSA) is 89.3 Å². The van der Waals surface area contributed by atoms with Crippen LogP contribution in [-0.2, 0) is 6.42 Å². The van der Waals surface area contributed by atoms with Crippen LogP contribution in [0.1, 0.15) is 24.4 Å². The number of hydrogen-bond acceptors (Lipinski definition) is 5. The van der Waals surface area contributed by atoms with E-state index in [2.05, 4.69) is 25.1 Å². The molecule has 0 unspecified atom stereocenters. The van der Waals surface area contributed by atoms with Crippen LogP contribution in [0.25, 0.3) is 11.2 Å². The van der Waals surface area contributed by atoms with Gasteiger partial charge < -0.3 is 0 Å². The minimum Gasteiger partial charge on any atom is -0.294 e. The second kappa shape index (κ2) is 4.84. The fraction of sp³-hybridized carbons (Fsp3) is 0.308. The quantitative estimate of drug-likeness (QED) is 0.767. The highest BCUT2D eigenvalue weighted by Gasteiger charge is 2.13. The number of fused-ring (bicyclic) bond motifs is 1. The van der Waals surface area contributed by atoms with Gasteiger partial charge in [-0.3, -0.25) is 14.5 Å². The molecule has 7 heteroatoms. The van der Waals surface area contributed by atoms with Gasteiger partial charge in [-0.05, 0) is 19.9 Å². The summed E-state index contributed by atoms with van der Waals surface area (Å²) in [6.45, 7) is 3.90. The number of aromatic nitrogens is 6. The second-order valence-corrected chi connectivity index (χ2v) is 4.78. The molecule has 0 spiro atoms. The summed E-state index contributed by atoms with van der Waals surface area (Å²) in [7, 11) is 0. The lowest BCUT2D eigenvalue weighted by atomic mass is 10.1. The lowest BCUT2D eigenvalue weighted by Gasteiger charge is -2.13. The van der Waals surface area contributed by atoms with Gasteiger partial charge in [0.1, 0.15) is 6.33 Å². The van der Waals surface area contributed by atoms with E-state index in [-0.39, 0.29) is 11.6 Å². The van der Waals surface area contributed by atoms with Gasteiger partial charge in [-0.15, -0.1) is 0 Å². The molecule has 0 aliphatic heterocycles. The molecule has 1 N–H and O–H groups in total. The first-order valence-electron chi connectivity index (χ1n) is 6.34. The van der Waals surface area contributed by atoms with E-state index in [1.165, 1.54) is 18.7 Å². The highest BCUT2D eigenvalue weighted by molar-refractivity contribution is 5.66. The fourth-order valence-electron chi connectivity index (χ4n) is 2.16. The molecule has 0 aromatic carbocycles. The molecule has 0 aliphatic carbocycles. The number of aryl methyl sites for hydroxylation is 1. The Balaban J connectivity index is 1.97. The van der Waals surface area contributed by atoms with E-state index >= 15 is 0 Å². The molecule has 0 radical (unpaired) electrons. The highest BCUT2D eigenvalue weighted by atomic mass is 16.1. The Labute approximate surface area is 114 Å². The van der Waals surface area contributed by atoms with Gasteiger partial charge in [0, 0.05) is 30.6 Å². The van der Waals surface area contributed by atoms with Gasteiger partial charge in [0.05, 0.1) is 5.69 Å². The van der Waals surface area contributed by atoms with Crippen molar-refractivity contribution in [3.8, 4) is 0 Å². The predicted octanol–water partition coefficient (Wildman–Crippen LogP) is 1.02. The van der Waals surface area contributed by atoms with E-state index in [1.807, 2.05) is 19.9 Å². The number of rotatable bonds is 3. The van der Waals surface area contributed by atoms with E-state index in [0.29, 0.717) is 17.6 Å². The Morgan fingerprint density at radius 3 is 2.85 bits per heavy atom. The molecule has 0 saturated heterocycles. The van der Waals surface area contributed by atoms with Gasteiger partial charge in [-0.25, -0.2) is 15.0 Å². The number of nitrogens with zero attached hydrogens (tertiary/aromatic N) is 5. The van der Waals surface area contributed by atoms with Crippen molar-refractivity contribution >= 4 is 11.2 Å². The highest BCUT2D eigenvalue weighted by Crippen LogP contribution is 2.11. The molecule has 3 aromatic heterocycles. The molecule has 0 bridgehead atoms. The maximum absolute atomic E-state index is 12.4. The van der Waals surface area contributed by atoms with Crippen LogP contribution in [0.4, 0.5) is 0 Å². The molecule has 3 rings (SSSR count). The number of aromatic amines is 1. The zero-order chi connectivity index (χ0) is 14.1. The first kappa shape index (κ1) is 12.5. The normalized spacial score (nSPS) is 12.7. The van der Waals surface area contributed by atoms with Gasteiger partial charge in [-0.1, -0.05) is 0 Å². The Kier molecular flexibility index (Phi) is 3.02. The van der Waals surface area contributed by atoms with Gasteiger partial charge >= 0.3 is 0 Å². The number of H-pyrrole nitrogens is 1. The van der Waals surface area contributed by atoms with Gasteiger partial charge in [0.15, 0.2) is 11.2 Å². The van der Waals surface area contributed by atoms with Gasteiger partial charge in [0.25, 0.3) is 5.56 Å². The third kappa shape index (κ3) is 2.18. The SMILES string of the molecule is Cc1cc(C[C@H](C)n2cnc3nccnc3c2=O)n[nH]1. The van der Waals surface area contributed by atoms with Crippen LogP contribution in [0, 0.1) is 6.92 Å². The average Bonchev–Trinajstić information content (AvgIpc) is 2.84. The summed E-state index contributed by atoms with van der Waals surface area (Å²) in [4.78, 5) is 24.6. The Bertz CT molecular complexity index is 806. The van der Waals surface area contributed by atoms with E-state index in [0.717, 1.165) is 11.4 Å². The summed E-state index contributed by atoms with van der Waals surface area (Å²) in [5.41, 5.74) is 2.41. The molecule has 0 saturated carbocycles. The zero-order valence-electron chi connectivity index (χ0n) is 11.2. The van der Waals surface area contributed by atoms with Crippen molar-refractivity contribution in [3.63, 3.8) is 0 Å². The van der Waals surface area contributed by atoms with Crippen molar-refractivity contribution < 1.29 is 0 Å². The molecule has 0 fully saturated rings. The van der Waals surface area contributed by atoms with E-state index < -0.39 is 0 Å². The van der Waals surface area contributed by atoms with Crippen LogP contribution in [-0.4, -0.2) is 29.7 Å². The standard InChI is InChI=1S/C13H14N6O/c1-8-5-10(18-17-8)6-9(2)19-7-16-12-11(13(19)20)14-3-4-15-12/h3-5,7,9H,6H2,1-2H3,(H,17,18)/t9-/m0/s1. The lowest BCUT2D eigenvalue weighted by Crippen LogP contribution is -2.25. The third-order valence-corrected chi connectivity index (χ3v) is 3.16. The van der Waals surface area contributed by atoms with Crippen molar-refractivity contribution in [1.82, 2.24) is 29.7 Å². The van der Waals surface area contributed by atoms with Crippen molar-refractivity contribution in [2.45, 2.75) is 26.3 Å². The molecule has 20 heavy (non-hydrogen) atoms. The van der Waals surface area contributed by atoms with Crippen LogP contribution in [0.15, 0.2) is 29.6 Å². The van der Waals surface area contributed by atoms with Crippen LogP contribution in [0.2, 0.25) is 0 Å². The molecule has 3 aromatic rings. The van der Waals surface area contributed by atoms with Crippen LogP contribution >= 0.6 is 0 Å². The zero-order valence-corrected chi connectivity index (χ0v) is 11.2. The van der Waals surface area contributed by atoms with Crippen LogP contribution in [0.5, 0.6) is 0 Å². The summed E-state index contributed by atoms with van der Waals surface area (Å²) in [6.07, 6.45) is 5.19. The molecular formula is C13H14N6O. The summed E-state index contributed by atoms with van der Waals surface area (Å²) in [5.74, 6) is 0. The fourth-order valence-corrected chi connectivity index (χ4v) is 2.16. The molecule has 7 nitrogen and oxygen atoms in total. The van der Waals surface area contributed by atoms with Gasteiger partial charge in [-0.2, -0.15) is 5.10 Å². The lowest BCUT2D eigenvalue weighted by molar-refractivity contribution is 0.516. The Hall–Kier alpha value is -2.57. The molecule has 3 heterocycles. The summed E-state index contributed by atoms with van der Waals surface area (Å²) in [5, 5.41) is 7.08. The van der Waals surface area contributed by atoms with Crippen molar-refractivity contribution in [3.05, 3.63) is 46.5 Å². The van der Waals surface area contributed by atoms with Crippen molar-refractivity contribution in [1.29, 1.82) is 0 Å². The summed E-state index contributed by atoms with van der Waals surface area (Å²) < 4.78 is 1.57. The Morgan fingerprint density at radius 2 is 2.10 bits per heavy atom. The smallest absolute Gasteiger partial charge is 0.281 e. The maximum Gasteiger partial charge on any atom is 0.281 e. The van der Waals surface area contributed by atoms with Crippen molar-refractivity contribution in [2.24, 2.45) is 0 Å². The minimum absolute atomic E-state index is 0.0518. The molecule has 0 amide bonds. The molecule has 0 aliphatic rings. The third-order valence-electron chi connectivity index (χ3n) is 3.16. The first-order chi connectivity index (χ1) is 9.65. The minimum atomic E-state index is -0.178. The van der Waals surface area contributed by atoms with E-state index in [1.54, 1.807) is 4.57 Å². The van der Waals surface area contributed by atoms with Crippen LogP contribution in [0.3, 0.4) is 0 Å². The van der Waals surface area contributed by atoms with Gasteiger partial charge in [0.2, 0.25) is 0 Å². The predicted molar refractivity (Wildman–Crippen MR) is 73.3 cm³/mol. The van der Waals surface area contributed by atoms with E-state index in [9.17, 15) is 4.79 Å². The summed E-state index contributed by atoms with van der Waals surface area (Å²) >= 11 is 0. The number of hydrogen-bond donors (Lipinski definition) is 1. The first-order valence-corrected chi connectivity index (χ1v) is 6.34. The average molecular weight is 270 g/mol. The molecule has 102 valence electrons.